The molecule has 2 bridgehead atoms. The highest BCUT2D eigenvalue weighted by atomic mass is 32.2. The average Bonchev–Trinajstić information content (AvgIpc) is 3.57. The Morgan fingerprint density at radius 3 is 2.70 bits per heavy atom. The number of nitrogens with zero attached hydrogens (tertiary/aromatic N) is 1. The summed E-state index contributed by atoms with van der Waals surface area (Å²) in [6.07, 6.45) is 3.06. The zero-order valence-electron chi connectivity index (χ0n) is 17.8. The van der Waals surface area contributed by atoms with E-state index in [-0.39, 0.29) is 47.8 Å². The van der Waals surface area contributed by atoms with Gasteiger partial charge in [-0.15, -0.1) is 34.4 Å². The number of carbonyl (C=O) groups excluding carboxylic acids is 2. The molecule has 3 fully saturated rings. The Bertz CT molecular complexity index is 1170. The number of imide groups is 1. The third-order valence-electron chi connectivity index (χ3n) is 7.94. The van der Waals surface area contributed by atoms with Crippen molar-refractivity contribution in [3.05, 3.63) is 31.2 Å². The molecule has 2 aromatic rings. The molecule has 2 amide bonds. The van der Waals surface area contributed by atoms with Gasteiger partial charge in [0.1, 0.15) is 0 Å². The van der Waals surface area contributed by atoms with E-state index in [0.29, 0.717) is 37.0 Å². The summed E-state index contributed by atoms with van der Waals surface area (Å²) in [5.41, 5.74) is 0. The maximum atomic E-state index is 13.5. The molecule has 2 aliphatic heterocycles. The Kier molecular flexibility index (Phi) is 5.55. The van der Waals surface area contributed by atoms with Crippen LogP contribution in [0.2, 0.25) is 0 Å². The van der Waals surface area contributed by atoms with Crippen molar-refractivity contribution in [3.8, 4) is 0 Å². The number of nitrogens with one attached hydrogen (secondary N) is 1. The number of likely N-dealkylation sites (tertiary alicyclic amines) is 1. The zero-order valence-corrected chi connectivity index (χ0v) is 21.0. The highest BCUT2D eigenvalue weighted by Crippen LogP contribution is 2.69. The minimum atomic E-state index is -0.802. The van der Waals surface area contributed by atoms with Crippen LogP contribution in [0.25, 0.3) is 0 Å². The predicted molar refractivity (Wildman–Crippen MR) is 130 cm³/mol. The summed E-state index contributed by atoms with van der Waals surface area (Å²) >= 11 is 10.8. The Hall–Kier alpha value is -1.49. The molecule has 4 heterocycles. The Morgan fingerprint density at radius 1 is 1.18 bits per heavy atom. The molecule has 2 aromatic heterocycles. The largest absolute Gasteiger partial charge is 0.481 e. The van der Waals surface area contributed by atoms with Gasteiger partial charge in [0.15, 0.2) is 3.95 Å². The van der Waals surface area contributed by atoms with Crippen LogP contribution in [-0.2, 0) is 14.4 Å². The van der Waals surface area contributed by atoms with E-state index >= 15 is 0 Å². The van der Waals surface area contributed by atoms with Crippen molar-refractivity contribution in [1.29, 1.82) is 0 Å². The third-order valence-corrected chi connectivity index (χ3v) is 11.8. The molecular weight excluding hydrogens is 497 g/mol. The lowest BCUT2D eigenvalue weighted by Gasteiger charge is -2.42. The molecule has 33 heavy (non-hydrogen) atoms. The van der Waals surface area contributed by atoms with E-state index in [0.717, 1.165) is 15.4 Å². The first-order valence-electron chi connectivity index (χ1n) is 11.5. The number of thiazole rings is 1. The molecule has 7 atom stereocenters. The predicted octanol–water partition coefficient (Wildman–Crippen LogP) is 4.99. The normalized spacial score (nSPS) is 33.9. The van der Waals surface area contributed by atoms with Crippen molar-refractivity contribution in [2.24, 2.45) is 29.6 Å². The summed E-state index contributed by atoms with van der Waals surface area (Å²) in [5, 5.41) is 12.4. The van der Waals surface area contributed by atoms with Crippen molar-refractivity contribution < 1.29 is 19.5 Å². The first-order chi connectivity index (χ1) is 16.0. The molecule has 0 radical (unpaired) electrons. The molecule has 10 heteroatoms. The Balaban J connectivity index is 1.27. The molecule has 6 rings (SSSR count). The SMILES string of the molecule is O=C(O)CCCCCN1C(=O)C2C3CC(C2C1=O)C1C(c2cccs2)c2sc(=S)[nH]c2SC31. The second kappa shape index (κ2) is 8.32. The maximum Gasteiger partial charge on any atom is 0.303 e. The van der Waals surface area contributed by atoms with Crippen LogP contribution in [0.1, 0.15) is 47.8 Å². The lowest BCUT2D eigenvalue weighted by atomic mass is 9.69. The number of carboxylic acids is 1. The monoisotopic (exact) mass is 520 g/mol. The molecule has 6 nitrogen and oxygen atoms in total. The first kappa shape index (κ1) is 22.0. The maximum absolute atomic E-state index is 13.5. The average molecular weight is 521 g/mol. The number of rotatable bonds is 7. The summed E-state index contributed by atoms with van der Waals surface area (Å²) in [5.74, 6) is -0.134. The van der Waals surface area contributed by atoms with Gasteiger partial charge in [-0.05, 0) is 60.7 Å². The standard InChI is InChI=1S/C23H24N2O4S4/c26-13(27)6-2-1-3-7-25-21(28)15-10-9-11(16(15)22(25)29)18-14(10)17(12-5-4-8-31-12)19-20(32-18)24-23(30)33-19/h4-5,8,10-11,14-18H,1-3,6-7,9H2,(H,24,30)(H,26,27). The number of hydrogen-bond donors (Lipinski definition) is 2. The van der Waals surface area contributed by atoms with Gasteiger partial charge in [0, 0.05) is 33.9 Å². The number of aliphatic carboxylic acids is 1. The molecule has 4 aliphatic rings. The van der Waals surface area contributed by atoms with E-state index in [1.807, 2.05) is 11.8 Å². The van der Waals surface area contributed by atoms with Crippen LogP contribution >= 0.6 is 46.7 Å². The number of unbranched alkanes of at least 4 members (excludes halogenated alkanes) is 2. The van der Waals surface area contributed by atoms with E-state index in [2.05, 4.69) is 22.5 Å². The molecule has 7 unspecified atom stereocenters. The van der Waals surface area contributed by atoms with Gasteiger partial charge in [-0.1, -0.05) is 12.5 Å². The minimum Gasteiger partial charge on any atom is -0.481 e. The van der Waals surface area contributed by atoms with E-state index in [4.69, 9.17) is 17.3 Å². The van der Waals surface area contributed by atoms with Gasteiger partial charge in [-0.3, -0.25) is 19.3 Å². The fraction of sp³-hybridized carbons (Fsp3) is 0.565. The van der Waals surface area contributed by atoms with Gasteiger partial charge in [-0.2, -0.15) is 0 Å². The zero-order chi connectivity index (χ0) is 22.9. The Morgan fingerprint density at radius 2 is 1.97 bits per heavy atom. The molecule has 2 saturated carbocycles. The van der Waals surface area contributed by atoms with Crippen molar-refractivity contribution in [2.75, 3.05) is 6.54 Å². The van der Waals surface area contributed by atoms with Gasteiger partial charge in [0.25, 0.3) is 0 Å². The number of amides is 2. The molecule has 2 aliphatic carbocycles. The van der Waals surface area contributed by atoms with Crippen LogP contribution in [0.5, 0.6) is 0 Å². The van der Waals surface area contributed by atoms with Crippen LogP contribution in [0.4, 0.5) is 0 Å². The van der Waals surface area contributed by atoms with Gasteiger partial charge in [0.2, 0.25) is 11.8 Å². The first-order valence-corrected chi connectivity index (χ1v) is 14.4. The van der Waals surface area contributed by atoms with E-state index < -0.39 is 5.97 Å². The van der Waals surface area contributed by atoms with Gasteiger partial charge in [0.05, 0.1) is 16.9 Å². The number of hydrogen-bond acceptors (Lipinski definition) is 7. The number of fused-ring (bicyclic) bond motifs is 9. The molecule has 2 N–H and O–H groups in total. The number of carbonyl (C=O) groups is 3. The van der Waals surface area contributed by atoms with E-state index in [9.17, 15) is 14.4 Å². The van der Waals surface area contributed by atoms with Crippen LogP contribution in [0, 0.1) is 33.5 Å². The van der Waals surface area contributed by atoms with Crippen LogP contribution in [0.3, 0.4) is 0 Å². The van der Waals surface area contributed by atoms with Crippen molar-refractivity contribution in [1.82, 2.24) is 9.88 Å². The van der Waals surface area contributed by atoms with E-state index in [1.54, 1.807) is 22.7 Å². The number of thioether (sulfide) groups is 1. The lowest BCUT2D eigenvalue weighted by Crippen LogP contribution is -2.42. The summed E-state index contributed by atoms with van der Waals surface area (Å²) in [6.45, 7) is 0.418. The highest BCUT2D eigenvalue weighted by Gasteiger charge is 2.69. The summed E-state index contributed by atoms with van der Waals surface area (Å²) in [4.78, 5) is 45.1. The fourth-order valence-corrected chi connectivity index (χ4v) is 11.1. The van der Waals surface area contributed by atoms with Gasteiger partial charge >= 0.3 is 5.97 Å². The summed E-state index contributed by atoms with van der Waals surface area (Å²) in [6, 6.07) is 4.29. The smallest absolute Gasteiger partial charge is 0.303 e. The number of aromatic nitrogens is 1. The van der Waals surface area contributed by atoms with Gasteiger partial charge < -0.3 is 10.1 Å². The molecule has 0 spiro atoms. The van der Waals surface area contributed by atoms with Crippen LogP contribution < -0.4 is 0 Å². The number of H-pyrrole nitrogens is 1. The van der Waals surface area contributed by atoms with Crippen LogP contribution in [-0.4, -0.2) is 44.6 Å². The second-order valence-corrected chi connectivity index (χ2v) is 13.4. The summed E-state index contributed by atoms with van der Waals surface area (Å²) < 4.78 is 0.794. The number of carboxylic acid groups (broad SMARTS) is 1. The van der Waals surface area contributed by atoms with Gasteiger partial charge in [-0.25, -0.2) is 0 Å². The third kappa shape index (κ3) is 3.39. The minimum absolute atomic E-state index is 0.00603. The lowest BCUT2D eigenvalue weighted by molar-refractivity contribution is -0.141. The highest BCUT2D eigenvalue weighted by molar-refractivity contribution is 8.00. The van der Waals surface area contributed by atoms with Crippen molar-refractivity contribution >= 4 is 64.4 Å². The quantitative estimate of drug-likeness (QED) is 0.304. The molecular formula is C23H24N2O4S4. The fourth-order valence-electron chi connectivity index (χ4n) is 6.81. The number of thiophene rings is 1. The molecule has 0 aromatic carbocycles. The topological polar surface area (TPSA) is 90.5 Å². The molecule has 1 saturated heterocycles. The van der Waals surface area contributed by atoms with Crippen LogP contribution in [0.15, 0.2) is 22.5 Å². The van der Waals surface area contributed by atoms with E-state index in [1.165, 1.54) is 14.7 Å². The Labute approximate surface area is 208 Å². The second-order valence-electron chi connectivity index (χ2n) is 9.51. The number of aromatic amines is 1. The summed E-state index contributed by atoms with van der Waals surface area (Å²) in [7, 11) is 0. The molecule has 174 valence electrons. The van der Waals surface area contributed by atoms with Crippen molar-refractivity contribution in [2.45, 2.75) is 48.3 Å². The van der Waals surface area contributed by atoms with Crippen molar-refractivity contribution in [3.63, 3.8) is 0 Å².